The number of hydrogen-bond acceptors (Lipinski definition) is 4. The summed E-state index contributed by atoms with van der Waals surface area (Å²) in [6.07, 6.45) is 2.27. The first-order chi connectivity index (χ1) is 12.0. The minimum absolute atomic E-state index is 0.157. The largest absolute Gasteiger partial charge is 0.495 e. The van der Waals surface area contributed by atoms with Crippen LogP contribution in [0.25, 0.3) is 0 Å². The molecule has 0 spiro atoms. The Balaban J connectivity index is 1.70. The zero-order valence-electron chi connectivity index (χ0n) is 13.7. The van der Waals surface area contributed by atoms with Gasteiger partial charge in [-0.1, -0.05) is 12.1 Å². The number of sulfonamides is 1. The van der Waals surface area contributed by atoms with Crippen molar-refractivity contribution in [1.82, 2.24) is 5.32 Å². The van der Waals surface area contributed by atoms with Gasteiger partial charge in [-0.15, -0.1) is 0 Å². The van der Waals surface area contributed by atoms with Crippen molar-refractivity contribution in [1.29, 1.82) is 0 Å². The molecule has 0 amide bonds. The highest BCUT2D eigenvalue weighted by Crippen LogP contribution is 2.26. The molecule has 1 aliphatic carbocycles. The summed E-state index contributed by atoms with van der Waals surface area (Å²) in [5.74, 6) is 0.459. The molecule has 2 aromatic rings. The third kappa shape index (κ3) is 4.61. The van der Waals surface area contributed by atoms with Gasteiger partial charge in [-0.25, -0.2) is 8.42 Å². The Hall–Kier alpha value is -2.32. The summed E-state index contributed by atoms with van der Waals surface area (Å²) in [6, 6.07) is 13.7. The molecule has 8 heteroatoms. The molecule has 1 fully saturated rings. The molecular weight excluding hydrogens is 358 g/mol. The minimum atomic E-state index is -3.71. The van der Waals surface area contributed by atoms with E-state index in [9.17, 15) is 8.42 Å². The van der Waals surface area contributed by atoms with Gasteiger partial charge in [0, 0.05) is 11.7 Å². The Morgan fingerprint density at radius 3 is 2.44 bits per heavy atom. The highest BCUT2D eigenvalue weighted by molar-refractivity contribution is 7.92. The van der Waals surface area contributed by atoms with Crippen molar-refractivity contribution in [3.8, 4) is 5.75 Å². The lowest BCUT2D eigenvalue weighted by Gasteiger charge is -2.13. The molecule has 1 aliphatic rings. The number of methoxy groups -OCH3 is 1. The molecule has 2 aromatic carbocycles. The fraction of sp³-hybridized carbons (Fsp3) is 0.235. The number of ether oxygens (including phenoxy) is 1. The lowest BCUT2D eigenvalue weighted by Crippen LogP contribution is -2.30. The van der Waals surface area contributed by atoms with Crippen LogP contribution < -0.4 is 20.1 Å². The van der Waals surface area contributed by atoms with Gasteiger partial charge >= 0.3 is 0 Å². The predicted octanol–water partition coefficient (Wildman–Crippen LogP) is 2.94. The van der Waals surface area contributed by atoms with E-state index in [0.29, 0.717) is 22.6 Å². The predicted molar refractivity (Wildman–Crippen MR) is 103 cm³/mol. The molecule has 0 radical (unpaired) electrons. The summed E-state index contributed by atoms with van der Waals surface area (Å²) in [4.78, 5) is 0.157. The highest BCUT2D eigenvalue weighted by Gasteiger charge is 2.22. The number of thiocarbonyl (C=S) groups is 1. The molecular formula is C17H19N3O3S2. The average Bonchev–Trinajstić information content (AvgIpc) is 3.39. The molecule has 0 atom stereocenters. The van der Waals surface area contributed by atoms with E-state index < -0.39 is 10.0 Å². The van der Waals surface area contributed by atoms with E-state index in [1.54, 1.807) is 36.4 Å². The van der Waals surface area contributed by atoms with E-state index in [1.165, 1.54) is 19.2 Å². The molecule has 0 bridgehead atoms. The first-order valence-electron chi connectivity index (χ1n) is 7.81. The Morgan fingerprint density at radius 2 is 1.80 bits per heavy atom. The average molecular weight is 377 g/mol. The monoisotopic (exact) mass is 377 g/mol. The van der Waals surface area contributed by atoms with Crippen LogP contribution in [-0.4, -0.2) is 26.7 Å². The maximum absolute atomic E-state index is 12.5. The quantitative estimate of drug-likeness (QED) is 0.672. The van der Waals surface area contributed by atoms with Crippen molar-refractivity contribution in [2.45, 2.75) is 23.8 Å². The van der Waals surface area contributed by atoms with Gasteiger partial charge in [0.05, 0.1) is 17.7 Å². The smallest absolute Gasteiger partial charge is 0.262 e. The van der Waals surface area contributed by atoms with Crippen molar-refractivity contribution in [2.24, 2.45) is 0 Å². The van der Waals surface area contributed by atoms with Crippen LogP contribution in [0.15, 0.2) is 53.4 Å². The summed E-state index contributed by atoms with van der Waals surface area (Å²) < 4.78 is 32.8. The summed E-state index contributed by atoms with van der Waals surface area (Å²) >= 11 is 5.21. The van der Waals surface area contributed by atoms with Gasteiger partial charge in [-0.2, -0.15) is 0 Å². The molecule has 0 aliphatic heterocycles. The lowest BCUT2D eigenvalue weighted by molar-refractivity contribution is 0.417. The Morgan fingerprint density at radius 1 is 1.12 bits per heavy atom. The van der Waals surface area contributed by atoms with Crippen LogP contribution in [0.1, 0.15) is 12.8 Å². The van der Waals surface area contributed by atoms with Crippen molar-refractivity contribution in [3.63, 3.8) is 0 Å². The molecule has 3 rings (SSSR count). The highest BCUT2D eigenvalue weighted by atomic mass is 32.2. The molecule has 25 heavy (non-hydrogen) atoms. The number of rotatable bonds is 6. The van der Waals surface area contributed by atoms with Crippen LogP contribution in [0.3, 0.4) is 0 Å². The van der Waals surface area contributed by atoms with Gasteiger partial charge in [0.25, 0.3) is 10.0 Å². The Bertz CT molecular complexity index is 863. The molecule has 0 aromatic heterocycles. The molecule has 0 unspecified atom stereocenters. The molecule has 3 N–H and O–H groups in total. The van der Waals surface area contributed by atoms with Crippen molar-refractivity contribution in [3.05, 3.63) is 48.5 Å². The van der Waals surface area contributed by atoms with E-state index in [1.807, 2.05) is 0 Å². The summed E-state index contributed by atoms with van der Waals surface area (Å²) in [5, 5.41) is 6.76. The van der Waals surface area contributed by atoms with E-state index in [-0.39, 0.29) is 4.90 Å². The van der Waals surface area contributed by atoms with Crippen molar-refractivity contribution >= 4 is 38.7 Å². The number of para-hydroxylation sites is 2. The van der Waals surface area contributed by atoms with E-state index in [2.05, 4.69) is 15.4 Å². The van der Waals surface area contributed by atoms with Crippen LogP contribution in [0, 0.1) is 0 Å². The fourth-order valence-corrected chi connectivity index (χ4v) is 3.59. The summed E-state index contributed by atoms with van der Waals surface area (Å²) in [5.41, 5.74) is 1.12. The summed E-state index contributed by atoms with van der Waals surface area (Å²) in [7, 11) is -2.21. The van der Waals surface area contributed by atoms with Crippen molar-refractivity contribution < 1.29 is 13.2 Å². The number of benzene rings is 2. The Kier molecular flexibility index (Phi) is 5.10. The number of nitrogens with one attached hydrogen (secondary N) is 3. The lowest BCUT2D eigenvalue weighted by atomic mass is 10.3. The van der Waals surface area contributed by atoms with Crippen molar-refractivity contribution in [2.75, 3.05) is 17.1 Å². The van der Waals surface area contributed by atoms with Crippen LogP contribution in [0.2, 0.25) is 0 Å². The second kappa shape index (κ2) is 7.28. The van der Waals surface area contributed by atoms with E-state index >= 15 is 0 Å². The maximum Gasteiger partial charge on any atom is 0.262 e. The minimum Gasteiger partial charge on any atom is -0.495 e. The van der Waals surface area contributed by atoms with Crippen LogP contribution in [0.5, 0.6) is 5.75 Å². The summed E-state index contributed by atoms with van der Waals surface area (Å²) in [6.45, 7) is 0. The Labute approximate surface area is 152 Å². The molecule has 132 valence electrons. The van der Waals surface area contributed by atoms with Gasteiger partial charge in [-0.3, -0.25) is 4.72 Å². The zero-order chi connectivity index (χ0) is 17.9. The van der Waals surface area contributed by atoms with Crippen LogP contribution in [-0.2, 0) is 10.0 Å². The topological polar surface area (TPSA) is 79.5 Å². The van der Waals surface area contributed by atoms with Gasteiger partial charge < -0.3 is 15.4 Å². The SMILES string of the molecule is COc1ccccc1NS(=O)(=O)c1ccc(NC(=S)NC2CC2)cc1. The third-order valence-electron chi connectivity index (χ3n) is 3.69. The number of hydrogen-bond donors (Lipinski definition) is 3. The van der Waals surface area contributed by atoms with Crippen LogP contribution >= 0.6 is 12.2 Å². The maximum atomic E-state index is 12.5. The van der Waals surface area contributed by atoms with Gasteiger partial charge in [-0.05, 0) is 61.5 Å². The standard InChI is InChI=1S/C17H19N3O3S2/c1-23-16-5-3-2-4-15(16)20-25(21,22)14-10-8-13(9-11-14)19-17(24)18-12-6-7-12/h2-5,8-12,20H,6-7H2,1H3,(H2,18,19,24). The fourth-order valence-electron chi connectivity index (χ4n) is 2.23. The zero-order valence-corrected chi connectivity index (χ0v) is 15.3. The van der Waals surface area contributed by atoms with E-state index in [0.717, 1.165) is 18.5 Å². The molecule has 0 saturated heterocycles. The third-order valence-corrected chi connectivity index (χ3v) is 5.29. The van der Waals surface area contributed by atoms with Crippen LogP contribution in [0.4, 0.5) is 11.4 Å². The first kappa shape index (κ1) is 17.5. The second-order valence-corrected chi connectivity index (χ2v) is 7.79. The number of anilines is 2. The normalized spacial score (nSPS) is 13.8. The van der Waals surface area contributed by atoms with E-state index in [4.69, 9.17) is 17.0 Å². The molecule has 1 saturated carbocycles. The molecule has 6 nitrogen and oxygen atoms in total. The molecule has 0 heterocycles. The first-order valence-corrected chi connectivity index (χ1v) is 9.70. The van der Waals surface area contributed by atoms with Gasteiger partial charge in [0.1, 0.15) is 5.75 Å². The van der Waals surface area contributed by atoms with Gasteiger partial charge in [0.15, 0.2) is 5.11 Å². The second-order valence-electron chi connectivity index (χ2n) is 5.70. The van der Waals surface area contributed by atoms with Gasteiger partial charge in [0.2, 0.25) is 0 Å².